The van der Waals surface area contributed by atoms with Crippen molar-refractivity contribution < 1.29 is 0 Å². The summed E-state index contributed by atoms with van der Waals surface area (Å²) < 4.78 is 7.08. The fraction of sp³-hybridized carbons (Fsp3) is 0.130. The second-order valence-electron chi connectivity index (χ2n) is 8.04. The summed E-state index contributed by atoms with van der Waals surface area (Å²) >= 11 is 1.50. The first-order valence-electron chi connectivity index (χ1n) is 9.78. The fourth-order valence-corrected chi connectivity index (χ4v) is 15.9. The molecule has 0 saturated carbocycles. The number of hydrogen-bond acceptors (Lipinski definition) is 4. The number of aromatic nitrogens is 2. The second-order valence-corrected chi connectivity index (χ2v) is 17.6. The molecule has 0 atom stereocenters. The third kappa shape index (κ3) is 3.59. The van der Waals surface area contributed by atoms with E-state index in [0.29, 0.717) is 0 Å². The van der Waals surface area contributed by atoms with E-state index in [1.807, 2.05) is 0 Å². The van der Waals surface area contributed by atoms with Gasteiger partial charge in [-0.15, -0.1) is 0 Å². The van der Waals surface area contributed by atoms with Gasteiger partial charge in [0.15, 0.2) is 5.13 Å². The van der Waals surface area contributed by atoms with E-state index >= 15 is 0 Å². The van der Waals surface area contributed by atoms with Gasteiger partial charge in [-0.05, 0) is 15.6 Å². The SMILES string of the molecule is C[Si](C)(C)N(c1ncns1)[Si](c1ccccc1)(c1ccccc1)c1ccccc1. The lowest BCUT2D eigenvalue weighted by Crippen LogP contribution is -2.82. The molecule has 4 aromatic rings. The van der Waals surface area contributed by atoms with Gasteiger partial charge in [-0.2, -0.15) is 4.37 Å². The molecule has 146 valence electrons. The minimum absolute atomic E-state index is 1.02. The molecule has 3 nitrogen and oxygen atoms in total. The molecule has 0 fully saturated rings. The molecule has 0 aliphatic rings. The molecule has 0 aliphatic carbocycles. The monoisotopic (exact) mass is 431 g/mol. The van der Waals surface area contributed by atoms with Crippen molar-refractivity contribution >= 4 is 48.7 Å². The lowest BCUT2D eigenvalue weighted by molar-refractivity contribution is 1.27. The minimum Gasteiger partial charge on any atom is -0.389 e. The molecule has 0 N–H and O–H groups in total. The summed E-state index contributed by atoms with van der Waals surface area (Å²) in [7, 11) is -4.46. The Morgan fingerprint density at radius 1 is 0.655 bits per heavy atom. The maximum Gasteiger partial charge on any atom is 0.246 e. The predicted molar refractivity (Wildman–Crippen MR) is 130 cm³/mol. The number of benzene rings is 3. The van der Waals surface area contributed by atoms with Gasteiger partial charge >= 0.3 is 0 Å². The maximum atomic E-state index is 4.73. The van der Waals surface area contributed by atoms with Crippen LogP contribution in [0.25, 0.3) is 0 Å². The molecule has 6 heteroatoms. The Balaban J connectivity index is 2.16. The van der Waals surface area contributed by atoms with Gasteiger partial charge in [-0.3, -0.25) is 0 Å². The number of anilines is 1. The highest BCUT2D eigenvalue weighted by Crippen LogP contribution is 2.29. The number of rotatable bonds is 6. The summed E-state index contributed by atoms with van der Waals surface area (Å²) in [5.74, 6) is 0. The van der Waals surface area contributed by atoms with E-state index in [4.69, 9.17) is 4.98 Å². The molecule has 1 aromatic heterocycles. The van der Waals surface area contributed by atoms with E-state index < -0.39 is 16.5 Å². The molecule has 1 heterocycles. The lowest BCUT2D eigenvalue weighted by Gasteiger charge is -2.49. The van der Waals surface area contributed by atoms with Crippen molar-refractivity contribution in [3.8, 4) is 0 Å². The third-order valence-electron chi connectivity index (χ3n) is 5.12. The van der Waals surface area contributed by atoms with E-state index in [0.717, 1.165) is 5.13 Å². The average molecular weight is 432 g/mol. The highest BCUT2D eigenvalue weighted by atomic mass is 32.1. The zero-order chi connectivity index (χ0) is 20.3. The van der Waals surface area contributed by atoms with Crippen LogP contribution < -0.4 is 19.8 Å². The van der Waals surface area contributed by atoms with Crippen LogP contribution in [0.5, 0.6) is 0 Å². The summed E-state index contributed by atoms with van der Waals surface area (Å²) in [6, 6.07) is 33.0. The highest BCUT2D eigenvalue weighted by molar-refractivity contribution is 7.24. The maximum absolute atomic E-state index is 4.73. The molecular weight excluding hydrogens is 407 g/mol. The first kappa shape index (κ1) is 19.8. The van der Waals surface area contributed by atoms with Gasteiger partial charge in [-0.25, -0.2) is 4.98 Å². The van der Waals surface area contributed by atoms with Gasteiger partial charge in [0, 0.05) is 11.5 Å². The lowest BCUT2D eigenvalue weighted by atomic mass is 10.3. The van der Waals surface area contributed by atoms with Crippen LogP contribution in [0.4, 0.5) is 5.13 Å². The van der Waals surface area contributed by atoms with Crippen molar-refractivity contribution in [3.05, 3.63) is 97.3 Å². The second kappa shape index (κ2) is 8.06. The molecule has 0 bridgehead atoms. The molecule has 3 aromatic carbocycles. The van der Waals surface area contributed by atoms with Crippen LogP contribution in [0, 0.1) is 0 Å². The molecule has 29 heavy (non-hydrogen) atoms. The zero-order valence-corrected chi connectivity index (χ0v) is 19.8. The highest BCUT2D eigenvalue weighted by Gasteiger charge is 2.51. The summed E-state index contributed by atoms with van der Waals surface area (Å²) in [5.41, 5.74) is 0. The Labute approximate surface area is 179 Å². The van der Waals surface area contributed by atoms with Crippen molar-refractivity contribution in [3.63, 3.8) is 0 Å². The Morgan fingerprint density at radius 2 is 1.07 bits per heavy atom. The van der Waals surface area contributed by atoms with Crippen LogP contribution >= 0.6 is 11.5 Å². The zero-order valence-electron chi connectivity index (χ0n) is 17.0. The molecule has 4 rings (SSSR count). The average Bonchev–Trinajstić information content (AvgIpc) is 3.27. The van der Waals surface area contributed by atoms with Crippen LogP contribution in [0.3, 0.4) is 0 Å². The van der Waals surface area contributed by atoms with Crippen LogP contribution in [-0.4, -0.2) is 25.8 Å². The van der Waals surface area contributed by atoms with E-state index in [1.165, 1.54) is 27.1 Å². The van der Waals surface area contributed by atoms with Crippen molar-refractivity contribution in [2.24, 2.45) is 0 Å². The quantitative estimate of drug-likeness (QED) is 0.343. The Bertz CT molecular complexity index is 937. The van der Waals surface area contributed by atoms with Gasteiger partial charge in [0.25, 0.3) is 0 Å². The standard InChI is InChI=1S/C23H25N3SSi2/c1-28(2,3)26(23-24-19-25-27-23)29(20-13-7-4-8-14-20,21-15-9-5-10-16-21)22-17-11-6-12-18-22/h4-19H,1-3H3. The van der Waals surface area contributed by atoms with E-state index in [-0.39, 0.29) is 0 Å². The Morgan fingerprint density at radius 3 is 1.38 bits per heavy atom. The topological polar surface area (TPSA) is 29.0 Å². The van der Waals surface area contributed by atoms with Gasteiger partial charge < -0.3 is 4.23 Å². The number of hydrogen-bond donors (Lipinski definition) is 0. The van der Waals surface area contributed by atoms with Crippen molar-refractivity contribution in [1.82, 2.24) is 9.36 Å². The normalized spacial score (nSPS) is 12.0. The van der Waals surface area contributed by atoms with Gasteiger partial charge in [0.1, 0.15) is 14.6 Å². The van der Waals surface area contributed by atoms with Gasteiger partial charge in [0.05, 0.1) is 0 Å². The first-order valence-corrected chi connectivity index (χ1v) is 15.9. The molecule has 0 saturated heterocycles. The summed E-state index contributed by atoms with van der Waals surface area (Å²) in [6.07, 6.45) is 1.69. The molecule has 0 spiro atoms. The van der Waals surface area contributed by atoms with E-state index in [9.17, 15) is 0 Å². The van der Waals surface area contributed by atoms with Gasteiger partial charge in [0.2, 0.25) is 8.24 Å². The first-order chi connectivity index (χ1) is 14.0. The van der Waals surface area contributed by atoms with Gasteiger partial charge in [-0.1, -0.05) is 111 Å². The molecule has 0 unspecified atom stereocenters. The third-order valence-corrected chi connectivity index (χ3v) is 15.1. The molecule has 0 radical (unpaired) electrons. The van der Waals surface area contributed by atoms with Crippen molar-refractivity contribution in [2.75, 3.05) is 4.23 Å². The minimum atomic E-state index is -2.59. The smallest absolute Gasteiger partial charge is 0.246 e. The summed E-state index contributed by atoms with van der Waals surface area (Å²) in [5, 5.41) is 5.13. The molecule has 0 aliphatic heterocycles. The molecule has 0 amide bonds. The van der Waals surface area contributed by atoms with Crippen LogP contribution in [-0.2, 0) is 0 Å². The fourth-order valence-electron chi connectivity index (χ4n) is 4.12. The Hall–Kier alpha value is -2.55. The van der Waals surface area contributed by atoms with E-state index in [1.54, 1.807) is 6.33 Å². The van der Waals surface area contributed by atoms with Crippen LogP contribution in [0.1, 0.15) is 0 Å². The largest absolute Gasteiger partial charge is 0.389 e. The van der Waals surface area contributed by atoms with Crippen molar-refractivity contribution in [2.45, 2.75) is 19.6 Å². The van der Waals surface area contributed by atoms with Crippen LogP contribution in [0.2, 0.25) is 19.6 Å². The summed E-state index contributed by atoms with van der Waals surface area (Å²) in [6.45, 7) is 7.22. The van der Waals surface area contributed by atoms with E-state index in [2.05, 4.69) is 119 Å². The van der Waals surface area contributed by atoms with Crippen LogP contribution in [0.15, 0.2) is 97.3 Å². The predicted octanol–water partition coefficient (Wildman–Crippen LogP) is 3.85. The van der Waals surface area contributed by atoms with Crippen molar-refractivity contribution in [1.29, 1.82) is 0 Å². The molecular formula is C23H25N3SSi2. The summed E-state index contributed by atoms with van der Waals surface area (Å²) in [4.78, 5) is 4.73. The number of nitrogens with zero attached hydrogens (tertiary/aromatic N) is 3. The Kier molecular flexibility index (Phi) is 5.49.